The quantitative estimate of drug-likeness (QED) is 0.380. The van der Waals surface area contributed by atoms with Gasteiger partial charge in [-0.25, -0.2) is 0 Å². The van der Waals surface area contributed by atoms with E-state index in [0.29, 0.717) is 11.1 Å². The smallest absolute Gasteiger partial charge is 0.255 e. The number of phenols is 1. The van der Waals surface area contributed by atoms with E-state index in [9.17, 15) is 34.8 Å². The summed E-state index contributed by atoms with van der Waals surface area (Å²) in [4.78, 5) is 42.5. The van der Waals surface area contributed by atoms with Gasteiger partial charge in [0.25, 0.3) is 5.91 Å². The summed E-state index contributed by atoms with van der Waals surface area (Å²) >= 11 is 0. The second-order valence-corrected chi connectivity index (χ2v) is 10.8. The van der Waals surface area contributed by atoms with Crippen LogP contribution in [0.25, 0.3) is 5.76 Å². The van der Waals surface area contributed by atoms with Gasteiger partial charge in [0, 0.05) is 31.3 Å². The average molecular weight is 498 g/mol. The fourth-order valence-corrected chi connectivity index (χ4v) is 6.42. The third-order valence-corrected chi connectivity index (χ3v) is 8.23. The molecule has 0 saturated heterocycles. The van der Waals surface area contributed by atoms with Crippen LogP contribution in [0.4, 0.5) is 5.69 Å². The van der Waals surface area contributed by atoms with Crippen molar-refractivity contribution in [2.75, 3.05) is 33.1 Å². The van der Waals surface area contributed by atoms with E-state index in [0.717, 1.165) is 18.5 Å². The second-order valence-electron chi connectivity index (χ2n) is 10.8. The molecule has 0 radical (unpaired) electrons. The number of rotatable bonds is 4. The fourth-order valence-electron chi connectivity index (χ4n) is 6.42. The number of aliphatic hydroxyl groups is 3. The first-order chi connectivity index (χ1) is 16.8. The number of nitrogens with zero attached hydrogens (tertiary/aromatic N) is 2. The van der Waals surface area contributed by atoms with Crippen molar-refractivity contribution in [2.24, 2.45) is 17.6 Å². The lowest BCUT2D eigenvalue weighted by Crippen LogP contribution is -2.65. The van der Waals surface area contributed by atoms with Crippen LogP contribution in [-0.2, 0) is 20.8 Å². The number of ketones is 2. The standard InChI is InChI=1S/C26H31N3O7/c1-28(2)15-9-12(10-5-6-10)20(30)17-13(15)7-11-8-14-19(29(3)4)22(32)18(25(27)35)24(34)26(14,36)23(33)16(11)21(17)31/h9-11,14,19,30-31,34,36H,5-8H2,1-4H3,(H2,27,35)/t11-,14-,19-,26-/m0/s1. The summed E-state index contributed by atoms with van der Waals surface area (Å²) in [6.45, 7) is 0. The van der Waals surface area contributed by atoms with Crippen molar-refractivity contribution < 1.29 is 34.8 Å². The lowest BCUT2D eigenvalue weighted by Gasteiger charge is -2.50. The Morgan fingerprint density at radius 1 is 1.08 bits per heavy atom. The van der Waals surface area contributed by atoms with Crippen LogP contribution in [-0.4, -0.2) is 82.6 Å². The number of fused-ring (bicyclic) bond motifs is 3. The number of carbonyl (C=O) groups is 3. The zero-order valence-corrected chi connectivity index (χ0v) is 20.7. The first-order valence-electron chi connectivity index (χ1n) is 12.0. The van der Waals surface area contributed by atoms with Crippen molar-refractivity contribution >= 4 is 28.9 Å². The van der Waals surface area contributed by atoms with E-state index in [1.54, 1.807) is 14.1 Å². The number of likely N-dealkylation sites (N-methyl/N-ethyl adjacent to an activating group) is 1. The molecule has 192 valence electrons. The minimum absolute atomic E-state index is 0.0732. The fraction of sp³-hybridized carbons (Fsp3) is 0.500. The van der Waals surface area contributed by atoms with Crippen molar-refractivity contribution in [3.05, 3.63) is 39.7 Å². The van der Waals surface area contributed by atoms with Crippen LogP contribution in [0.3, 0.4) is 0 Å². The first-order valence-corrected chi connectivity index (χ1v) is 12.0. The predicted octanol–water partition coefficient (Wildman–Crippen LogP) is 0.907. The van der Waals surface area contributed by atoms with E-state index in [4.69, 9.17) is 5.73 Å². The van der Waals surface area contributed by atoms with Crippen molar-refractivity contribution in [2.45, 2.75) is 43.2 Å². The summed E-state index contributed by atoms with van der Waals surface area (Å²) in [6.07, 6.45) is 2.17. The van der Waals surface area contributed by atoms with Gasteiger partial charge in [-0.3, -0.25) is 19.3 Å². The molecule has 0 unspecified atom stereocenters. The normalized spacial score (nSPS) is 29.8. The number of hydrogen-bond acceptors (Lipinski definition) is 9. The summed E-state index contributed by atoms with van der Waals surface area (Å²) in [7, 11) is 6.88. The molecule has 4 aliphatic rings. The molecule has 4 aliphatic carbocycles. The molecular weight excluding hydrogens is 466 g/mol. The molecule has 5 rings (SSSR count). The van der Waals surface area contributed by atoms with E-state index in [1.165, 1.54) is 4.90 Å². The molecule has 6 N–H and O–H groups in total. The molecule has 0 bridgehead atoms. The third kappa shape index (κ3) is 3.07. The van der Waals surface area contributed by atoms with Gasteiger partial charge in [0.1, 0.15) is 22.8 Å². The van der Waals surface area contributed by atoms with E-state index in [-0.39, 0.29) is 35.6 Å². The van der Waals surface area contributed by atoms with Crippen molar-refractivity contribution in [1.29, 1.82) is 0 Å². The van der Waals surface area contributed by atoms with E-state index >= 15 is 0 Å². The third-order valence-electron chi connectivity index (χ3n) is 8.23. The molecule has 1 aromatic rings. The van der Waals surface area contributed by atoms with Gasteiger partial charge in [-0.05, 0) is 68.8 Å². The number of carbonyl (C=O) groups excluding carboxylic acids is 3. The lowest BCUT2D eigenvalue weighted by molar-refractivity contribution is -0.153. The molecule has 2 fully saturated rings. The number of primary amides is 1. The van der Waals surface area contributed by atoms with Gasteiger partial charge < -0.3 is 31.1 Å². The molecule has 4 atom stereocenters. The molecule has 0 aliphatic heterocycles. The number of benzene rings is 1. The monoisotopic (exact) mass is 497 g/mol. The largest absolute Gasteiger partial charge is 0.508 e. The highest BCUT2D eigenvalue weighted by molar-refractivity contribution is 6.24. The van der Waals surface area contributed by atoms with Gasteiger partial charge in [0.2, 0.25) is 5.78 Å². The molecule has 1 aromatic carbocycles. The van der Waals surface area contributed by atoms with Crippen LogP contribution >= 0.6 is 0 Å². The Morgan fingerprint density at radius 3 is 2.25 bits per heavy atom. The Bertz CT molecular complexity index is 1290. The van der Waals surface area contributed by atoms with Gasteiger partial charge in [0.15, 0.2) is 11.4 Å². The molecule has 1 amide bonds. The van der Waals surface area contributed by atoms with Crippen LogP contribution in [0.5, 0.6) is 5.75 Å². The van der Waals surface area contributed by atoms with Crippen LogP contribution in [0.1, 0.15) is 41.9 Å². The highest BCUT2D eigenvalue weighted by atomic mass is 16.3. The van der Waals surface area contributed by atoms with Gasteiger partial charge in [0.05, 0.1) is 11.6 Å². The van der Waals surface area contributed by atoms with Gasteiger partial charge >= 0.3 is 0 Å². The van der Waals surface area contributed by atoms with Crippen molar-refractivity contribution in [3.8, 4) is 5.75 Å². The maximum absolute atomic E-state index is 13.9. The van der Waals surface area contributed by atoms with Gasteiger partial charge in [-0.1, -0.05) is 0 Å². The zero-order valence-electron chi connectivity index (χ0n) is 20.7. The number of aromatic hydroxyl groups is 1. The number of aliphatic hydroxyl groups excluding tert-OH is 2. The number of amides is 1. The average Bonchev–Trinajstić information content (AvgIpc) is 3.61. The summed E-state index contributed by atoms with van der Waals surface area (Å²) in [5, 5.41) is 45.2. The Kier molecular flexibility index (Phi) is 5.28. The Labute approximate surface area is 208 Å². The first kappa shape index (κ1) is 24.3. The van der Waals surface area contributed by atoms with Crippen molar-refractivity contribution in [1.82, 2.24) is 4.90 Å². The number of nitrogens with two attached hydrogens (primary N) is 1. The summed E-state index contributed by atoms with van der Waals surface area (Å²) in [5.74, 6) is -6.14. The summed E-state index contributed by atoms with van der Waals surface area (Å²) in [6, 6.07) is 0.826. The van der Waals surface area contributed by atoms with Crippen LogP contribution in [0.15, 0.2) is 23.0 Å². The summed E-state index contributed by atoms with van der Waals surface area (Å²) in [5.41, 5.74) is 4.12. The van der Waals surface area contributed by atoms with Crippen LogP contribution in [0.2, 0.25) is 0 Å². The topological polar surface area (TPSA) is 165 Å². The van der Waals surface area contributed by atoms with E-state index in [1.807, 2.05) is 25.1 Å². The minimum atomic E-state index is -2.63. The molecule has 2 saturated carbocycles. The number of anilines is 1. The molecule has 36 heavy (non-hydrogen) atoms. The van der Waals surface area contributed by atoms with Crippen molar-refractivity contribution in [3.63, 3.8) is 0 Å². The molecular formula is C26H31N3O7. The molecule has 10 nitrogen and oxygen atoms in total. The molecule has 0 spiro atoms. The maximum atomic E-state index is 13.9. The molecule has 10 heteroatoms. The minimum Gasteiger partial charge on any atom is -0.508 e. The SMILES string of the molecule is CN(C)c1cc(C2CC2)c(O)c2c1C[C@H]1C[C@H]3[C@H](N(C)C)C(=O)C(C(N)=O)=C(O)[C@@]3(O)C(=O)C1=C2O. The van der Waals surface area contributed by atoms with Gasteiger partial charge in [-0.2, -0.15) is 0 Å². The van der Waals surface area contributed by atoms with Crippen LogP contribution < -0.4 is 10.6 Å². The molecule has 0 heterocycles. The zero-order chi connectivity index (χ0) is 26.4. The Morgan fingerprint density at radius 2 is 1.72 bits per heavy atom. The second kappa shape index (κ2) is 7.81. The number of hydrogen-bond donors (Lipinski definition) is 5. The summed E-state index contributed by atoms with van der Waals surface area (Å²) < 4.78 is 0. The Balaban J connectivity index is 1.76. The highest BCUT2D eigenvalue weighted by Crippen LogP contribution is 2.56. The number of Topliss-reactive ketones (excluding diaryl/α,β-unsaturated/α-hetero) is 2. The lowest BCUT2D eigenvalue weighted by atomic mass is 9.57. The highest BCUT2D eigenvalue weighted by Gasteiger charge is 2.64. The van der Waals surface area contributed by atoms with E-state index in [2.05, 4.69) is 0 Å². The Hall–Kier alpha value is -3.37. The van der Waals surface area contributed by atoms with Gasteiger partial charge in [-0.15, -0.1) is 0 Å². The maximum Gasteiger partial charge on any atom is 0.255 e. The van der Waals surface area contributed by atoms with Crippen LogP contribution in [0, 0.1) is 11.8 Å². The predicted molar refractivity (Wildman–Crippen MR) is 131 cm³/mol. The van der Waals surface area contributed by atoms with E-state index < -0.39 is 58.0 Å². The molecule has 0 aromatic heterocycles. The number of phenolic OH excluding ortho intramolecular Hbond substituents is 1.